The highest BCUT2D eigenvalue weighted by Gasteiger charge is 2.25. The van der Waals surface area contributed by atoms with E-state index in [-0.39, 0.29) is 16.7 Å². The molecule has 0 amide bonds. The summed E-state index contributed by atoms with van der Waals surface area (Å²) < 4.78 is 26.6. The first-order valence-corrected chi connectivity index (χ1v) is 7.60. The fourth-order valence-corrected chi connectivity index (χ4v) is 4.22. The molecule has 17 heavy (non-hydrogen) atoms. The van der Waals surface area contributed by atoms with Crippen LogP contribution >= 0.6 is 11.3 Å². The molecule has 0 aromatic carbocycles. The Morgan fingerprint density at radius 2 is 2.18 bits per heavy atom. The molecule has 7 heteroatoms. The largest absolute Gasteiger partial charge is 0.481 e. The highest BCUT2D eigenvalue weighted by Crippen LogP contribution is 2.25. The molecule has 5 nitrogen and oxygen atoms in total. The normalized spacial score (nSPS) is 16.7. The summed E-state index contributed by atoms with van der Waals surface area (Å²) in [5.74, 6) is -0.956. The minimum Gasteiger partial charge on any atom is -0.481 e. The zero-order valence-electron chi connectivity index (χ0n) is 9.05. The second-order valence-electron chi connectivity index (χ2n) is 4.04. The van der Waals surface area contributed by atoms with Gasteiger partial charge in [-0.2, -0.15) is 0 Å². The van der Waals surface area contributed by atoms with E-state index in [4.69, 9.17) is 5.11 Å². The third-order valence-electron chi connectivity index (χ3n) is 2.65. The van der Waals surface area contributed by atoms with Crippen molar-refractivity contribution in [1.82, 2.24) is 4.72 Å². The molecule has 1 aromatic rings. The molecule has 1 fully saturated rings. The zero-order chi connectivity index (χ0) is 12.5. The third-order valence-corrected chi connectivity index (χ3v) is 5.75. The first-order valence-electron chi connectivity index (χ1n) is 5.30. The van der Waals surface area contributed by atoms with Crippen LogP contribution in [0.5, 0.6) is 0 Å². The van der Waals surface area contributed by atoms with Crippen LogP contribution in [0.3, 0.4) is 0 Å². The van der Waals surface area contributed by atoms with Crippen LogP contribution in [0, 0.1) is 0 Å². The summed E-state index contributed by atoms with van der Waals surface area (Å²) in [5, 5.41) is 8.61. The van der Waals surface area contributed by atoms with Gasteiger partial charge in [-0.05, 0) is 25.0 Å². The lowest BCUT2D eigenvalue weighted by atomic mass is 9.94. The molecular formula is C10H13NO4S2. The first-order chi connectivity index (χ1) is 7.97. The fraction of sp³-hybridized carbons (Fsp3) is 0.500. The summed E-state index contributed by atoms with van der Waals surface area (Å²) in [4.78, 5) is 11.1. The Hall–Kier alpha value is -0.920. The van der Waals surface area contributed by atoms with E-state index in [0.717, 1.165) is 30.6 Å². The maximum absolute atomic E-state index is 11.9. The molecule has 1 saturated carbocycles. The molecule has 1 heterocycles. The average molecular weight is 275 g/mol. The van der Waals surface area contributed by atoms with Gasteiger partial charge in [-0.1, -0.05) is 6.42 Å². The van der Waals surface area contributed by atoms with Gasteiger partial charge in [-0.3, -0.25) is 4.79 Å². The molecule has 0 aliphatic heterocycles. The number of aliphatic carboxylic acids is 1. The van der Waals surface area contributed by atoms with E-state index in [1.807, 2.05) is 0 Å². The number of nitrogens with one attached hydrogen (secondary N) is 1. The van der Waals surface area contributed by atoms with Gasteiger partial charge < -0.3 is 5.11 Å². The predicted octanol–water partition coefficient (Wildman–Crippen LogP) is 1.21. The molecule has 2 rings (SSSR count). The van der Waals surface area contributed by atoms with Crippen molar-refractivity contribution in [3.63, 3.8) is 0 Å². The summed E-state index contributed by atoms with van der Waals surface area (Å²) >= 11 is 1.01. The van der Waals surface area contributed by atoms with Crippen molar-refractivity contribution in [2.75, 3.05) is 0 Å². The van der Waals surface area contributed by atoms with E-state index >= 15 is 0 Å². The Balaban J connectivity index is 2.09. The number of rotatable bonds is 5. The van der Waals surface area contributed by atoms with E-state index < -0.39 is 16.0 Å². The highest BCUT2D eigenvalue weighted by molar-refractivity contribution is 7.91. The van der Waals surface area contributed by atoms with Crippen molar-refractivity contribution in [2.45, 2.75) is 35.9 Å². The molecule has 1 aliphatic carbocycles. The van der Waals surface area contributed by atoms with Crippen LogP contribution in [0.2, 0.25) is 0 Å². The Kier molecular flexibility index (Phi) is 3.50. The quantitative estimate of drug-likeness (QED) is 0.846. The van der Waals surface area contributed by atoms with Gasteiger partial charge in [-0.15, -0.1) is 11.3 Å². The Bertz CT molecular complexity index is 516. The second-order valence-corrected chi connectivity index (χ2v) is 7.15. The molecule has 0 bridgehead atoms. The minimum absolute atomic E-state index is 0.0463. The number of carboxylic acids is 1. The summed E-state index contributed by atoms with van der Waals surface area (Å²) in [5.41, 5.74) is 0. The molecule has 1 aliphatic rings. The lowest BCUT2D eigenvalue weighted by molar-refractivity contribution is -0.136. The standard InChI is InChI=1S/C10H13NO4S2/c12-9(13)6-8-4-5-10(16-8)17(14,15)11-7-2-1-3-7/h4-5,7,11H,1-3,6H2,(H,12,13). The minimum atomic E-state index is -3.46. The van der Waals surface area contributed by atoms with Gasteiger partial charge in [0, 0.05) is 10.9 Å². The first kappa shape index (κ1) is 12.5. The Labute approximate surface area is 104 Å². The van der Waals surface area contributed by atoms with Crippen molar-refractivity contribution in [2.24, 2.45) is 0 Å². The molecule has 0 unspecified atom stereocenters. The van der Waals surface area contributed by atoms with Crippen LogP contribution in [-0.2, 0) is 21.2 Å². The number of hydrogen-bond acceptors (Lipinski definition) is 4. The SMILES string of the molecule is O=C(O)Cc1ccc(S(=O)(=O)NC2CCC2)s1. The van der Waals surface area contributed by atoms with Crippen LogP contribution in [0.15, 0.2) is 16.3 Å². The number of sulfonamides is 1. The molecule has 0 spiro atoms. The van der Waals surface area contributed by atoms with Crippen LogP contribution in [0.4, 0.5) is 0 Å². The lowest BCUT2D eigenvalue weighted by Gasteiger charge is -2.25. The molecule has 2 N–H and O–H groups in total. The smallest absolute Gasteiger partial charge is 0.308 e. The van der Waals surface area contributed by atoms with Gasteiger partial charge >= 0.3 is 5.97 Å². The summed E-state index contributed by atoms with van der Waals surface area (Å²) in [6, 6.07) is 3.06. The number of carboxylic acid groups (broad SMARTS) is 1. The summed E-state index contributed by atoms with van der Waals surface area (Å²) in [6.45, 7) is 0. The maximum atomic E-state index is 11.9. The van der Waals surface area contributed by atoms with E-state index in [0.29, 0.717) is 4.88 Å². The van der Waals surface area contributed by atoms with Crippen LogP contribution in [0.25, 0.3) is 0 Å². The topological polar surface area (TPSA) is 83.5 Å². The van der Waals surface area contributed by atoms with Gasteiger partial charge in [0.05, 0.1) is 6.42 Å². The van der Waals surface area contributed by atoms with Gasteiger partial charge in [0.1, 0.15) is 4.21 Å². The van der Waals surface area contributed by atoms with Crippen LogP contribution in [0.1, 0.15) is 24.1 Å². The summed E-state index contributed by atoms with van der Waals surface area (Å²) in [7, 11) is -3.46. The van der Waals surface area contributed by atoms with Gasteiger partial charge in [0.15, 0.2) is 0 Å². The molecular weight excluding hydrogens is 262 g/mol. The number of hydrogen-bond donors (Lipinski definition) is 2. The third kappa shape index (κ3) is 3.05. The lowest BCUT2D eigenvalue weighted by Crippen LogP contribution is -2.39. The monoisotopic (exact) mass is 275 g/mol. The molecule has 0 atom stereocenters. The molecule has 0 radical (unpaired) electrons. The summed E-state index contributed by atoms with van der Waals surface area (Å²) in [6.07, 6.45) is 2.69. The van der Waals surface area contributed by atoms with Crippen molar-refractivity contribution < 1.29 is 18.3 Å². The van der Waals surface area contributed by atoms with Crippen molar-refractivity contribution >= 4 is 27.3 Å². The van der Waals surface area contributed by atoms with Crippen molar-refractivity contribution in [3.8, 4) is 0 Å². The maximum Gasteiger partial charge on any atom is 0.308 e. The second kappa shape index (κ2) is 4.75. The van der Waals surface area contributed by atoms with E-state index in [2.05, 4.69) is 4.72 Å². The van der Waals surface area contributed by atoms with Crippen LogP contribution in [-0.4, -0.2) is 25.5 Å². The van der Waals surface area contributed by atoms with E-state index in [9.17, 15) is 13.2 Å². The molecule has 0 saturated heterocycles. The average Bonchev–Trinajstić information content (AvgIpc) is 2.60. The van der Waals surface area contributed by atoms with Crippen LogP contribution < -0.4 is 4.72 Å². The van der Waals surface area contributed by atoms with Gasteiger partial charge in [0.2, 0.25) is 10.0 Å². The van der Waals surface area contributed by atoms with E-state index in [1.165, 1.54) is 6.07 Å². The Morgan fingerprint density at radius 3 is 2.71 bits per heavy atom. The number of thiophene rings is 1. The number of carbonyl (C=O) groups is 1. The zero-order valence-corrected chi connectivity index (χ0v) is 10.7. The predicted molar refractivity (Wildman–Crippen MR) is 63.6 cm³/mol. The van der Waals surface area contributed by atoms with E-state index in [1.54, 1.807) is 6.07 Å². The molecule has 94 valence electrons. The van der Waals surface area contributed by atoms with Crippen molar-refractivity contribution in [3.05, 3.63) is 17.0 Å². The highest BCUT2D eigenvalue weighted by atomic mass is 32.2. The Morgan fingerprint density at radius 1 is 1.47 bits per heavy atom. The van der Waals surface area contributed by atoms with Crippen molar-refractivity contribution in [1.29, 1.82) is 0 Å². The fourth-order valence-electron chi connectivity index (χ4n) is 1.55. The van der Waals surface area contributed by atoms with Gasteiger partial charge in [0.25, 0.3) is 0 Å². The van der Waals surface area contributed by atoms with Gasteiger partial charge in [-0.25, -0.2) is 13.1 Å². The molecule has 1 aromatic heterocycles.